The SMILES string of the molecule is O=c1cc(N2CCC(c3c[nH]c4ccccc34)CC2)nc2ccccn12. The highest BCUT2D eigenvalue weighted by Crippen LogP contribution is 2.33. The lowest BCUT2D eigenvalue weighted by Crippen LogP contribution is -2.34. The first-order chi connectivity index (χ1) is 12.8. The number of nitrogens with one attached hydrogen (secondary N) is 1. The number of hydrogen-bond acceptors (Lipinski definition) is 3. The molecule has 5 nitrogen and oxygen atoms in total. The number of H-pyrrole nitrogens is 1. The van der Waals surface area contributed by atoms with Gasteiger partial charge in [0.25, 0.3) is 5.56 Å². The van der Waals surface area contributed by atoms with Gasteiger partial charge >= 0.3 is 0 Å². The summed E-state index contributed by atoms with van der Waals surface area (Å²) in [6.45, 7) is 1.83. The van der Waals surface area contributed by atoms with Gasteiger partial charge in [-0.3, -0.25) is 9.20 Å². The van der Waals surface area contributed by atoms with E-state index in [9.17, 15) is 4.79 Å². The first-order valence-electron chi connectivity index (χ1n) is 9.09. The number of pyridine rings is 1. The molecule has 0 spiro atoms. The van der Waals surface area contributed by atoms with Gasteiger partial charge < -0.3 is 9.88 Å². The summed E-state index contributed by atoms with van der Waals surface area (Å²) in [6.07, 6.45) is 6.05. The van der Waals surface area contributed by atoms with Crippen molar-refractivity contribution in [3.05, 3.63) is 76.8 Å². The van der Waals surface area contributed by atoms with Gasteiger partial charge in [0.05, 0.1) is 0 Å². The van der Waals surface area contributed by atoms with Crippen molar-refractivity contribution in [3.8, 4) is 0 Å². The second kappa shape index (κ2) is 6.02. The molecule has 0 saturated carbocycles. The molecular weight excluding hydrogens is 324 g/mol. The van der Waals surface area contributed by atoms with Gasteiger partial charge in [-0.15, -0.1) is 0 Å². The molecule has 0 amide bonds. The summed E-state index contributed by atoms with van der Waals surface area (Å²) >= 11 is 0. The van der Waals surface area contributed by atoms with Gasteiger partial charge in [0.15, 0.2) is 0 Å². The van der Waals surface area contributed by atoms with E-state index in [1.165, 1.54) is 16.5 Å². The number of aromatic nitrogens is 3. The Balaban J connectivity index is 1.40. The van der Waals surface area contributed by atoms with E-state index in [-0.39, 0.29) is 5.56 Å². The lowest BCUT2D eigenvalue weighted by Gasteiger charge is -2.32. The maximum absolute atomic E-state index is 12.3. The summed E-state index contributed by atoms with van der Waals surface area (Å²) in [5.74, 6) is 1.34. The Morgan fingerprint density at radius 2 is 1.85 bits per heavy atom. The predicted molar refractivity (Wildman–Crippen MR) is 104 cm³/mol. The minimum absolute atomic E-state index is 0.0237. The molecule has 26 heavy (non-hydrogen) atoms. The summed E-state index contributed by atoms with van der Waals surface area (Å²) in [6, 6.07) is 15.8. The third-order valence-electron chi connectivity index (χ3n) is 5.44. The zero-order chi connectivity index (χ0) is 17.5. The number of hydrogen-bond donors (Lipinski definition) is 1. The molecule has 4 heterocycles. The molecule has 1 aromatic carbocycles. The number of fused-ring (bicyclic) bond motifs is 2. The molecule has 1 fully saturated rings. The smallest absolute Gasteiger partial charge is 0.259 e. The molecule has 5 heteroatoms. The monoisotopic (exact) mass is 344 g/mol. The second-order valence-corrected chi connectivity index (χ2v) is 6.93. The molecule has 5 rings (SSSR count). The first-order valence-corrected chi connectivity index (χ1v) is 9.09. The zero-order valence-corrected chi connectivity index (χ0v) is 14.4. The summed E-state index contributed by atoms with van der Waals surface area (Å²) < 4.78 is 1.59. The number of anilines is 1. The quantitative estimate of drug-likeness (QED) is 0.605. The Hall–Kier alpha value is -3.08. The molecular formula is C21H20N4O. The lowest BCUT2D eigenvalue weighted by molar-refractivity contribution is 0.505. The van der Waals surface area contributed by atoms with Crippen LogP contribution in [0.2, 0.25) is 0 Å². The van der Waals surface area contributed by atoms with Crippen LogP contribution in [0.25, 0.3) is 16.6 Å². The Labute approximate surface area is 150 Å². The Kier molecular flexibility index (Phi) is 3.52. The third kappa shape index (κ3) is 2.47. The minimum atomic E-state index is -0.0237. The maximum Gasteiger partial charge on any atom is 0.259 e. The van der Waals surface area contributed by atoms with Crippen molar-refractivity contribution in [2.75, 3.05) is 18.0 Å². The minimum Gasteiger partial charge on any atom is -0.361 e. The van der Waals surface area contributed by atoms with Gasteiger partial charge in [0, 0.05) is 42.5 Å². The van der Waals surface area contributed by atoms with Crippen LogP contribution in [0.4, 0.5) is 5.82 Å². The molecule has 0 bridgehead atoms. The molecule has 1 aliphatic rings. The van der Waals surface area contributed by atoms with E-state index in [2.05, 4.69) is 45.3 Å². The zero-order valence-electron chi connectivity index (χ0n) is 14.4. The number of rotatable bonds is 2. The largest absolute Gasteiger partial charge is 0.361 e. The van der Waals surface area contributed by atoms with Gasteiger partial charge in [-0.1, -0.05) is 24.3 Å². The number of para-hydroxylation sites is 1. The second-order valence-electron chi connectivity index (χ2n) is 6.93. The van der Waals surface area contributed by atoms with Crippen molar-refractivity contribution in [1.82, 2.24) is 14.4 Å². The summed E-state index contributed by atoms with van der Waals surface area (Å²) in [7, 11) is 0. The van der Waals surface area contributed by atoms with Gasteiger partial charge in [-0.2, -0.15) is 0 Å². The van der Waals surface area contributed by atoms with Crippen LogP contribution in [0.3, 0.4) is 0 Å². The van der Waals surface area contributed by atoms with Crippen LogP contribution in [0.1, 0.15) is 24.3 Å². The highest BCUT2D eigenvalue weighted by atomic mass is 16.1. The normalized spacial score (nSPS) is 15.8. The molecule has 1 saturated heterocycles. The number of nitrogens with zero attached hydrogens (tertiary/aromatic N) is 3. The first kappa shape index (κ1) is 15.2. The molecule has 0 atom stereocenters. The maximum atomic E-state index is 12.3. The van der Waals surface area contributed by atoms with Gasteiger partial charge in [-0.25, -0.2) is 4.98 Å². The van der Waals surface area contributed by atoms with Gasteiger partial charge in [-0.05, 0) is 42.5 Å². The molecule has 1 N–H and O–H groups in total. The Bertz CT molecular complexity index is 1140. The summed E-state index contributed by atoms with van der Waals surface area (Å²) in [5.41, 5.74) is 3.29. The average Bonchev–Trinajstić information content (AvgIpc) is 3.12. The van der Waals surface area contributed by atoms with E-state index in [4.69, 9.17) is 0 Å². The molecule has 0 aliphatic carbocycles. The van der Waals surface area contributed by atoms with Crippen LogP contribution in [0.5, 0.6) is 0 Å². The van der Waals surface area contributed by atoms with E-state index >= 15 is 0 Å². The van der Waals surface area contributed by atoms with Crippen molar-refractivity contribution in [3.63, 3.8) is 0 Å². The molecule has 3 aromatic heterocycles. The van der Waals surface area contributed by atoms with E-state index in [0.717, 1.165) is 31.7 Å². The van der Waals surface area contributed by atoms with Crippen molar-refractivity contribution in [1.29, 1.82) is 0 Å². The van der Waals surface area contributed by atoms with Crippen molar-refractivity contribution >= 4 is 22.4 Å². The van der Waals surface area contributed by atoms with Crippen molar-refractivity contribution in [2.24, 2.45) is 0 Å². The molecule has 130 valence electrons. The fourth-order valence-electron chi connectivity index (χ4n) is 4.05. The average molecular weight is 344 g/mol. The summed E-state index contributed by atoms with van der Waals surface area (Å²) in [5, 5.41) is 1.33. The fraction of sp³-hybridized carbons (Fsp3) is 0.238. The number of piperidine rings is 1. The topological polar surface area (TPSA) is 53.4 Å². The fourth-order valence-corrected chi connectivity index (χ4v) is 4.05. The predicted octanol–water partition coefficient (Wildman–Crippen LogP) is 3.56. The lowest BCUT2D eigenvalue weighted by atomic mass is 9.89. The Morgan fingerprint density at radius 3 is 2.73 bits per heavy atom. The number of aromatic amines is 1. The van der Waals surface area contributed by atoms with Crippen molar-refractivity contribution in [2.45, 2.75) is 18.8 Å². The molecule has 4 aromatic rings. The molecule has 0 unspecified atom stereocenters. The van der Waals surface area contributed by atoms with Crippen LogP contribution in [0, 0.1) is 0 Å². The van der Waals surface area contributed by atoms with E-state index in [1.807, 2.05) is 18.2 Å². The van der Waals surface area contributed by atoms with Crippen LogP contribution < -0.4 is 10.5 Å². The van der Waals surface area contributed by atoms with Crippen LogP contribution >= 0.6 is 0 Å². The molecule has 1 aliphatic heterocycles. The summed E-state index contributed by atoms with van der Waals surface area (Å²) in [4.78, 5) is 22.6. The van der Waals surface area contributed by atoms with Crippen LogP contribution in [-0.4, -0.2) is 27.5 Å². The highest BCUT2D eigenvalue weighted by molar-refractivity contribution is 5.83. The van der Waals surface area contributed by atoms with Crippen molar-refractivity contribution < 1.29 is 0 Å². The Morgan fingerprint density at radius 1 is 1.04 bits per heavy atom. The number of benzene rings is 1. The van der Waals surface area contributed by atoms with Crippen LogP contribution in [0.15, 0.2) is 65.7 Å². The van der Waals surface area contributed by atoms with Gasteiger partial charge in [0.1, 0.15) is 11.5 Å². The van der Waals surface area contributed by atoms with E-state index in [0.29, 0.717) is 11.6 Å². The standard InChI is InChI=1S/C21H20N4O/c26-21-13-20(23-19-7-3-4-10-25(19)21)24-11-8-15(9-12-24)17-14-22-18-6-2-1-5-16(17)18/h1-7,10,13-15,22H,8-9,11-12H2. The van der Waals surface area contributed by atoms with Gasteiger partial charge in [0.2, 0.25) is 0 Å². The highest BCUT2D eigenvalue weighted by Gasteiger charge is 2.24. The van der Waals surface area contributed by atoms with E-state index < -0.39 is 0 Å². The molecule has 0 radical (unpaired) electrons. The van der Waals surface area contributed by atoms with Crippen LogP contribution in [-0.2, 0) is 0 Å². The third-order valence-corrected chi connectivity index (χ3v) is 5.44. The van der Waals surface area contributed by atoms with E-state index in [1.54, 1.807) is 16.7 Å².